The Morgan fingerprint density at radius 2 is 1.77 bits per heavy atom. The third kappa shape index (κ3) is 7.59. The smallest absolute Gasteiger partial charge is 0.261 e. The minimum atomic E-state index is -0.579. The van der Waals surface area contributed by atoms with Crippen molar-refractivity contribution in [1.82, 2.24) is 10.2 Å². The van der Waals surface area contributed by atoms with Crippen LogP contribution in [-0.2, 0) is 16.1 Å². The van der Waals surface area contributed by atoms with Crippen LogP contribution in [0.15, 0.2) is 42.5 Å². The number of rotatable bonds is 10. The fraction of sp³-hybridized carbons (Fsp3) is 0.440. The second-order valence-corrected chi connectivity index (χ2v) is 8.71. The molecule has 168 valence electrons. The molecule has 0 aliphatic rings. The number of nitrogens with one attached hydrogen (secondary N) is 1. The van der Waals surface area contributed by atoms with E-state index < -0.39 is 6.04 Å². The molecule has 1 unspecified atom stereocenters. The van der Waals surface area contributed by atoms with Crippen molar-refractivity contribution in [1.29, 1.82) is 0 Å². The molecular formula is C25H33ClN2O3. The van der Waals surface area contributed by atoms with Gasteiger partial charge in [-0.05, 0) is 55.5 Å². The lowest BCUT2D eigenvalue weighted by molar-refractivity contribution is -0.143. The number of hydrogen-bond donors (Lipinski definition) is 1. The van der Waals surface area contributed by atoms with E-state index in [0.29, 0.717) is 36.2 Å². The average molecular weight is 445 g/mol. The van der Waals surface area contributed by atoms with Crippen molar-refractivity contribution >= 4 is 23.4 Å². The van der Waals surface area contributed by atoms with E-state index in [4.69, 9.17) is 16.3 Å². The van der Waals surface area contributed by atoms with E-state index in [1.807, 2.05) is 65.0 Å². The van der Waals surface area contributed by atoms with Gasteiger partial charge in [0.15, 0.2) is 6.61 Å². The maximum atomic E-state index is 13.2. The van der Waals surface area contributed by atoms with Crippen molar-refractivity contribution in [3.63, 3.8) is 0 Å². The van der Waals surface area contributed by atoms with Crippen molar-refractivity contribution in [2.75, 3.05) is 13.2 Å². The van der Waals surface area contributed by atoms with Gasteiger partial charge in [0, 0.05) is 18.1 Å². The van der Waals surface area contributed by atoms with E-state index in [-0.39, 0.29) is 18.4 Å². The largest absolute Gasteiger partial charge is 0.483 e. The number of nitrogens with zero attached hydrogens (tertiary/aromatic N) is 1. The molecule has 0 saturated carbocycles. The van der Waals surface area contributed by atoms with Crippen LogP contribution < -0.4 is 10.1 Å². The molecule has 0 saturated heterocycles. The van der Waals surface area contributed by atoms with E-state index >= 15 is 0 Å². The van der Waals surface area contributed by atoms with Gasteiger partial charge in [0.05, 0.1) is 0 Å². The first kappa shape index (κ1) is 24.7. The number of carbonyl (C=O) groups excluding carboxylic acids is 2. The maximum Gasteiger partial charge on any atom is 0.261 e. The van der Waals surface area contributed by atoms with E-state index in [0.717, 1.165) is 16.7 Å². The summed E-state index contributed by atoms with van der Waals surface area (Å²) in [6, 6.07) is 12.6. The molecule has 6 heteroatoms. The van der Waals surface area contributed by atoms with E-state index in [1.54, 1.807) is 17.0 Å². The highest BCUT2D eigenvalue weighted by Crippen LogP contribution is 2.20. The predicted molar refractivity (Wildman–Crippen MR) is 125 cm³/mol. The Labute approximate surface area is 190 Å². The van der Waals surface area contributed by atoms with Crippen molar-refractivity contribution < 1.29 is 14.3 Å². The van der Waals surface area contributed by atoms with Gasteiger partial charge < -0.3 is 15.0 Å². The molecular weight excluding hydrogens is 412 g/mol. The van der Waals surface area contributed by atoms with E-state index in [1.165, 1.54) is 0 Å². The molecule has 1 atom stereocenters. The summed E-state index contributed by atoms with van der Waals surface area (Å²) in [4.78, 5) is 27.7. The number of benzene rings is 2. The lowest BCUT2D eigenvalue weighted by atomic mass is 10.1. The van der Waals surface area contributed by atoms with Crippen LogP contribution in [-0.4, -0.2) is 35.9 Å². The molecule has 0 radical (unpaired) electrons. The first-order valence-electron chi connectivity index (χ1n) is 10.7. The zero-order chi connectivity index (χ0) is 23.0. The number of carbonyl (C=O) groups is 2. The molecule has 2 aromatic rings. The molecule has 0 spiro atoms. The number of halogens is 1. The highest BCUT2D eigenvalue weighted by molar-refractivity contribution is 6.30. The Hall–Kier alpha value is -2.53. The Morgan fingerprint density at radius 3 is 2.35 bits per heavy atom. The van der Waals surface area contributed by atoms with Gasteiger partial charge >= 0.3 is 0 Å². The van der Waals surface area contributed by atoms with Crippen LogP contribution in [0.4, 0.5) is 0 Å². The van der Waals surface area contributed by atoms with E-state index in [2.05, 4.69) is 5.32 Å². The standard InChI is InChI=1S/C25H33ClN2O3/c1-6-22(25(30)27-14-17(2)3)28(15-20-8-10-21(26)11-9-20)24(29)16-31-23-12-7-18(4)13-19(23)5/h7-13,17,22H,6,14-16H2,1-5H3,(H,27,30). The Balaban J connectivity index is 2.20. The van der Waals surface area contributed by atoms with Gasteiger partial charge in [-0.25, -0.2) is 0 Å². The summed E-state index contributed by atoms with van der Waals surface area (Å²) in [6.45, 7) is 10.7. The summed E-state index contributed by atoms with van der Waals surface area (Å²) in [5.74, 6) is 0.615. The van der Waals surface area contributed by atoms with Crippen LogP contribution in [0.1, 0.15) is 43.9 Å². The summed E-state index contributed by atoms with van der Waals surface area (Å²) in [5, 5.41) is 3.58. The number of aryl methyl sites for hydroxylation is 2. The van der Waals surface area contributed by atoms with Gasteiger partial charge in [0.2, 0.25) is 5.91 Å². The van der Waals surface area contributed by atoms with Gasteiger partial charge in [0.25, 0.3) is 5.91 Å². The molecule has 2 aromatic carbocycles. The fourth-order valence-corrected chi connectivity index (χ4v) is 3.44. The fourth-order valence-electron chi connectivity index (χ4n) is 3.31. The van der Waals surface area contributed by atoms with Gasteiger partial charge in [0.1, 0.15) is 11.8 Å². The number of hydrogen-bond acceptors (Lipinski definition) is 3. The molecule has 5 nitrogen and oxygen atoms in total. The third-order valence-electron chi connectivity index (χ3n) is 5.02. The molecule has 0 aliphatic carbocycles. The van der Waals surface area contributed by atoms with E-state index in [9.17, 15) is 9.59 Å². The molecule has 0 fully saturated rings. The van der Waals surface area contributed by atoms with Crippen molar-refractivity contribution in [3.05, 3.63) is 64.2 Å². The Morgan fingerprint density at radius 1 is 1.10 bits per heavy atom. The second-order valence-electron chi connectivity index (χ2n) is 8.27. The molecule has 31 heavy (non-hydrogen) atoms. The Kier molecular flexibility index (Phi) is 9.38. The van der Waals surface area contributed by atoms with Crippen molar-refractivity contribution in [2.45, 2.75) is 53.6 Å². The van der Waals surface area contributed by atoms with Crippen LogP contribution in [0.5, 0.6) is 5.75 Å². The quantitative estimate of drug-likeness (QED) is 0.566. The predicted octanol–water partition coefficient (Wildman–Crippen LogP) is 4.92. The summed E-state index contributed by atoms with van der Waals surface area (Å²) in [6.07, 6.45) is 0.507. The lowest BCUT2D eigenvalue weighted by Gasteiger charge is -2.31. The highest BCUT2D eigenvalue weighted by Gasteiger charge is 2.29. The average Bonchev–Trinajstić information content (AvgIpc) is 2.72. The normalized spacial score (nSPS) is 11.8. The third-order valence-corrected chi connectivity index (χ3v) is 5.27. The first-order valence-corrected chi connectivity index (χ1v) is 11.1. The number of amides is 2. The molecule has 0 bridgehead atoms. The minimum Gasteiger partial charge on any atom is -0.483 e. The highest BCUT2D eigenvalue weighted by atomic mass is 35.5. The first-order chi connectivity index (χ1) is 14.7. The van der Waals surface area contributed by atoms with Gasteiger partial charge in [-0.2, -0.15) is 0 Å². The van der Waals surface area contributed by atoms with Crippen LogP contribution in [0.25, 0.3) is 0 Å². The molecule has 0 aromatic heterocycles. The van der Waals surface area contributed by atoms with Crippen LogP contribution in [0.2, 0.25) is 5.02 Å². The zero-order valence-electron chi connectivity index (χ0n) is 19.1. The summed E-state index contributed by atoms with van der Waals surface area (Å²) < 4.78 is 5.82. The summed E-state index contributed by atoms with van der Waals surface area (Å²) in [5.41, 5.74) is 3.01. The molecule has 1 N–H and O–H groups in total. The minimum absolute atomic E-state index is 0.133. The SMILES string of the molecule is CCC(C(=O)NCC(C)C)N(Cc1ccc(Cl)cc1)C(=O)COc1ccc(C)cc1C. The topological polar surface area (TPSA) is 58.6 Å². The van der Waals surface area contributed by atoms with Gasteiger partial charge in [-0.1, -0.05) is 62.2 Å². The monoisotopic (exact) mass is 444 g/mol. The van der Waals surface area contributed by atoms with Crippen molar-refractivity contribution in [3.8, 4) is 5.75 Å². The maximum absolute atomic E-state index is 13.2. The van der Waals surface area contributed by atoms with Crippen LogP contribution in [0, 0.1) is 19.8 Å². The van der Waals surface area contributed by atoms with Crippen LogP contribution in [0.3, 0.4) is 0 Å². The molecule has 2 rings (SSSR count). The van der Waals surface area contributed by atoms with Gasteiger partial charge in [-0.3, -0.25) is 9.59 Å². The van der Waals surface area contributed by atoms with Crippen LogP contribution >= 0.6 is 11.6 Å². The molecule has 0 heterocycles. The summed E-state index contributed by atoms with van der Waals surface area (Å²) >= 11 is 6.00. The molecule has 0 aliphatic heterocycles. The zero-order valence-corrected chi connectivity index (χ0v) is 19.8. The lowest BCUT2D eigenvalue weighted by Crippen LogP contribution is -2.50. The molecule has 2 amide bonds. The van der Waals surface area contributed by atoms with Gasteiger partial charge in [-0.15, -0.1) is 0 Å². The second kappa shape index (κ2) is 11.8. The van der Waals surface area contributed by atoms with Crippen molar-refractivity contribution in [2.24, 2.45) is 5.92 Å². The number of ether oxygens (including phenoxy) is 1. The Bertz CT molecular complexity index is 881. The summed E-state index contributed by atoms with van der Waals surface area (Å²) in [7, 11) is 0.